The number of aryl methyl sites for hydroxylation is 1. The van der Waals surface area contributed by atoms with E-state index in [0.29, 0.717) is 5.56 Å². The van der Waals surface area contributed by atoms with Crippen LogP contribution in [0.5, 0.6) is 34.5 Å². The minimum atomic E-state index is -0.864. The second kappa shape index (κ2) is 18.3. The average molecular weight is 809 g/mol. The van der Waals surface area contributed by atoms with E-state index in [2.05, 4.69) is 13.2 Å². The quantitative estimate of drug-likeness (QED) is 0.0917. The summed E-state index contributed by atoms with van der Waals surface area (Å²) < 4.78 is 55.0. The molecule has 0 bridgehead atoms. The predicted octanol–water partition coefficient (Wildman–Crippen LogP) is 5.18. The Balaban J connectivity index is 1.03. The molecule has 0 spiro atoms. The van der Waals surface area contributed by atoms with Crippen LogP contribution in [0, 0.1) is 6.92 Å². The average Bonchev–Trinajstić information content (AvgIpc) is 3.83. The Morgan fingerprint density at radius 1 is 0.542 bits per heavy atom. The van der Waals surface area contributed by atoms with Crippen molar-refractivity contribution in [3.8, 4) is 34.5 Å². The molecule has 4 atom stereocenters. The van der Waals surface area contributed by atoms with Crippen molar-refractivity contribution in [3.05, 3.63) is 132 Å². The molecule has 304 valence electrons. The number of hydrogen-bond donors (Lipinski definition) is 0. The van der Waals surface area contributed by atoms with Gasteiger partial charge in [0.15, 0.2) is 12.2 Å². The first-order valence-corrected chi connectivity index (χ1v) is 17.8. The van der Waals surface area contributed by atoms with Gasteiger partial charge in [-0.1, -0.05) is 13.2 Å². The van der Waals surface area contributed by atoms with Gasteiger partial charge in [-0.15, -0.1) is 0 Å². The lowest BCUT2D eigenvalue weighted by Gasteiger charge is -2.18. The molecular formula is C43H36O16. The third-order valence-electron chi connectivity index (χ3n) is 8.95. The second-order valence-corrected chi connectivity index (χ2v) is 12.7. The number of ether oxygens (including phenoxy) is 10. The maximum atomic E-state index is 13.3. The molecular weight excluding hydrogens is 772 g/mol. The van der Waals surface area contributed by atoms with Crippen LogP contribution in [0.1, 0.15) is 47.0 Å². The molecule has 16 nitrogen and oxygen atoms in total. The van der Waals surface area contributed by atoms with Gasteiger partial charge in [0.2, 0.25) is 0 Å². The van der Waals surface area contributed by atoms with E-state index in [1.165, 1.54) is 93.1 Å². The molecule has 4 aromatic rings. The highest BCUT2D eigenvalue weighted by atomic mass is 16.7. The molecule has 6 rings (SSSR count). The van der Waals surface area contributed by atoms with Crippen LogP contribution in [0.2, 0.25) is 0 Å². The molecule has 4 aromatic carbocycles. The third-order valence-corrected chi connectivity index (χ3v) is 8.95. The summed E-state index contributed by atoms with van der Waals surface area (Å²) in [5, 5.41) is 0. The molecule has 16 heteroatoms. The van der Waals surface area contributed by atoms with Gasteiger partial charge in [-0.2, -0.15) is 0 Å². The standard InChI is InChI=1S/C43H36O16/c1-6-36(44)54-26-11-8-24(9-12-26)40(46)55-27-13-15-29(32(19-27)50-4)42(48)58-34-21-52-39-35(22-53-38(34)39)59-43(49)30-16-14-28(20-33(30)51-5)56-41(47)25-10-17-31(23(3)18-25)57-37(45)7-2/h6-20,34-35,38-39H,1-2,21-22H2,3-5H3/t34-,35-,38-,39-/m1/s1. The molecule has 0 radical (unpaired) electrons. The lowest BCUT2D eigenvalue weighted by Crippen LogP contribution is -2.36. The number of hydrogen-bond acceptors (Lipinski definition) is 16. The fraction of sp³-hybridized carbons (Fsp3) is 0.209. The van der Waals surface area contributed by atoms with E-state index in [-0.39, 0.29) is 70.0 Å². The van der Waals surface area contributed by atoms with Crippen molar-refractivity contribution in [1.29, 1.82) is 0 Å². The van der Waals surface area contributed by atoms with Crippen LogP contribution in [0.25, 0.3) is 0 Å². The Kier molecular flexibility index (Phi) is 12.8. The Morgan fingerprint density at radius 3 is 1.47 bits per heavy atom. The molecule has 0 aromatic heterocycles. The first kappa shape index (κ1) is 41.3. The second-order valence-electron chi connectivity index (χ2n) is 12.7. The van der Waals surface area contributed by atoms with Crippen LogP contribution in [-0.4, -0.2) is 87.7 Å². The summed E-state index contributed by atoms with van der Waals surface area (Å²) in [5.41, 5.74) is 0.942. The molecule has 0 saturated carbocycles. The lowest BCUT2D eigenvalue weighted by atomic mass is 10.1. The van der Waals surface area contributed by atoms with Crippen LogP contribution in [0.15, 0.2) is 104 Å². The largest absolute Gasteiger partial charge is 0.496 e. The predicted molar refractivity (Wildman–Crippen MR) is 203 cm³/mol. The summed E-state index contributed by atoms with van der Waals surface area (Å²) in [6.45, 7) is 8.24. The van der Waals surface area contributed by atoms with Gasteiger partial charge in [-0.05, 0) is 79.2 Å². The monoisotopic (exact) mass is 808 g/mol. The zero-order chi connectivity index (χ0) is 42.2. The van der Waals surface area contributed by atoms with E-state index in [0.717, 1.165) is 12.2 Å². The number of carbonyl (C=O) groups excluding carboxylic acids is 6. The van der Waals surface area contributed by atoms with E-state index < -0.39 is 60.2 Å². The van der Waals surface area contributed by atoms with E-state index in [1.807, 2.05) is 0 Å². The number of rotatable bonds is 14. The van der Waals surface area contributed by atoms with Crippen molar-refractivity contribution < 1.29 is 76.1 Å². The fourth-order valence-corrected chi connectivity index (χ4v) is 6.03. The highest BCUT2D eigenvalue weighted by Crippen LogP contribution is 2.34. The van der Waals surface area contributed by atoms with E-state index >= 15 is 0 Å². The van der Waals surface area contributed by atoms with Crippen LogP contribution in [0.4, 0.5) is 0 Å². The molecule has 2 heterocycles. The van der Waals surface area contributed by atoms with E-state index in [9.17, 15) is 28.8 Å². The minimum absolute atomic E-state index is 0.0332. The van der Waals surface area contributed by atoms with Gasteiger partial charge in [-0.3, -0.25) is 0 Å². The van der Waals surface area contributed by atoms with Gasteiger partial charge < -0.3 is 47.4 Å². The molecule has 2 fully saturated rings. The number of esters is 6. The smallest absolute Gasteiger partial charge is 0.343 e. The van der Waals surface area contributed by atoms with Crippen LogP contribution < -0.4 is 28.4 Å². The molecule has 0 aliphatic carbocycles. The SMILES string of the molecule is C=CC(=O)Oc1ccc(C(=O)Oc2ccc(C(=O)O[C@@H]3CO[C@H]4[C@@H]3OC[C@H]4OC(=O)c3ccc(OC(=O)c4ccc(OC(=O)C=C)c(C)c4)cc3OC)c(OC)c2)cc1. The molecule has 2 aliphatic heterocycles. The van der Waals surface area contributed by atoms with E-state index in [1.54, 1.807) is 6.92 Å². The minimum Gasteiger partial charge on any atom is -0.496 e. The van der Waals surface area contributed by atoms with Gasteiger partial charge >= 0.3 is 35.8 Å². The summed E-state index contributed by atoms with van der Waals surface area (Å²) in [6.07, 6.45) is -1.21. The summed E-state index contributed by atoms with van der Waals surface area (Å²) in [7, 11) is 2.67. The topological polar surface area (TPSA) is 195 Å². The van der Waals surface area contributed by atoms with Crippen molar-refractivity contribution in [2.45, 2.75) is 31.3 Å². The van der Waals surface area contributed by atoms with Crippen molar-refractivity contribution >= 4 is 35.8 Å². The molecule has 0 N–H and O–H groups in total. The summed E-state index contributed by atoms with van der Waals surface area (Å²) in [4.78, 5) is 75.2. The van der Waals surface area contributed by atoms with Gasteiger partial charge in [0.1, 0.15) is 57.8 Å². The maximum absolute atomic E-state index is 13.3. The van der Waals surface area contributed by atoms with Crippen LogP contribution >= 0.6 is 0 Å². The van der Waals surface area contributed by atoms with Gasteiger partial charge in [0, 0.05) is 24.3 Å². The fourth-order valence-electron chi connectivity index (χ4n) is 6.03. The zero-order valence-corrected chi connectivity index (χ0v) is 31.8. The number of methoxy groups -OCH3 is 2. The van der Waals surface area contributed by atoms with Crippen molar-refractivity contribution in [1.82, 2.24) is 0 Å². The number of fused-ring (bicyclic) bond motifs is 1. The van der Waals surface area contributed by atoms with Gasteiger partial charge in [0.05, 0.1) is 38.6 Å². The third kappa shape index (κ3) is 9.64. The summed E-state index contributed by atoms with van der Waals surface area (Å²) in [6, 6.07) is 18.3. The molecule has 2 saturated heterocycles. The first-order chi connectivity index (χ1) is 28.4. The molecule has 2 aliphatic rings. The number of carbonyl (C=O) groups is 6. The number of benzene rings is 4. The van der Waals surface area contributed by atoms with Crippen LogP contribution in [0.3, 0.4) is 0 Å². The Morgan fingerprint density at radius 2 is 1.00 bits per heavy atom. The molecule has 0 amide bonds. The molecule has 0 unspecified atom stereocenters. The normalized spacial score (nSPS) is 17.7. The van der Waals surface area contributed by atoms with Crippen LogP contribution in [-0.2, 0) is 28.5 Å². The zero-order valence-electron chi connectivity index (χ0n) is 31.8. The highest BCUT2D eigenvalue weighted by Gasteiger charge is 2.51. The van der Waals surface area contributed by atoms with Crippen molar-refractivity contribution in [2.24, 2.45) is 0 Å². The Bertz CT molecular complexity index is 2310. The first-order valence-electron chi connectivity index (χ1n) is 17.8. The molecule has 59 heavy (non-hydrogen) atoms. The maximum Gasteiger partial charge on any atom is 0.343 e. The van der Waals surface area contributed by atoms with Gasteiger partial charge in [0.25, 0.3) is 0 Å². The van der Waals surface area contributed by atoms with E-state index in [4.69, 9.17) is 47.4 Å². The summed E-state index contributed by atoms with van der Waals surface area (Å²) in [5.74, 6) is -3.47. The van der Waals surface area contributed by atoms with Crippen molar-refractivity contribution in [2.75, 3.05) is 27.4 Å². The summed E-state index contributed by atoms with van der Waals surface area (Å²) >= 11 is 0. The Hall–Kier alpha value is -7.30. The highest BCUT2D eigenvalue weighted by molar-refractivity contribution is 5.95. The lowest BCUT2D eigenvalue weighted by molar-refractivity contribution is -0.129. The Labute approximate surface area is 336 Å². The van der Waals surface area contributed by atoms with Crippen molar-refractivity contribution in [3.63, 3.8) is 0 Å². The van der Waals surface area contributed by atoms with Gasteiger partial charge in [-0.25, -0.2) is 28.8 Å².